The molecule has 0 bridgehead atoms. The number of nitrogens with zero attached hydrogens (tertiary/aromatic N) is 3. The SMILES string of the molecule is O=[N+]([O-])c1ccc(N=Nc2cc(O)c(O)c3ccccc23)cc1. The van der Waals surface area contributed by atoms with Crippen molar-refractivity contribution in [2.24, 2.45) is 10.2 Å². The van der Waals surface area contributed by atoms with Crippen LogP contribution in [-0.4, -0.2) is 15.1 Å². The second kappa shape index (κ2) is 5.72. The minimum absolute atomic E-state index is 0.0309. The van der Waals surface area contributed by atoms with Gasteiger partial charge in [-0.25, -0.2) is 0 Å². The van der Waals surface area contributed by atoms with E-state index in [-0.39, 0.29) is 17.2 Å². The third-order valence-electron chi connectivity index (χ3n) is 3.31. The van der Waals surface area contributed by atoms with E-state index in [1.165, 1.54) is 30.3 Å². The normalized spacial score (nSPS) is 11.1. The number of nitro groups is 1. The van der Waals surface area contributed by atoms with Gasteiger partial charge in [0.15, 0.2) is 11.5 Å². The highest BCUT2D eigenvalue weighted by molar-refractivity contribution is 5.98. The van der Waals surface area contributed by atoms with Gasteiger partial charge in [-0.05, 0) is 12.1 Å². The van der Waals surface area contributed by atoms with Crippen LogP contribution in [0.1, 0.15) is 0 Å². The number of aromatic hydroxyl groups is 2. The smallest absolute Gasteiger partial charge is 0.269 e. The maximum Gasteiger partial charge on any atom is 0.269 e. The number of hydrogen-bond acceptors (Lipinski definition) is 6. The first-order valence-corrected chi connectivity index (χ1v) is 6.66. The molecule has 3 rings (SSSR count). The second-order valence-corrected chi connectivity index (χ2v) is 4.78. The number of benzene rings is 3. The van der Waals surface area contributed by atoms with Crippen LogP contribution in [0.5, 0.6) is 11.5 Å². The molecule has 0 saturated heterocycles. The fraction of sp³-hybridized carbons (Fsp3) is 0. The Balaban J connectivity index is 2.01. The summed E-state index contributed by atoms with van der Waals surface area (Å²) < 4.78 is 0. The maximum atomic E-state index is 10.6. The van der Waals surface area contributed by atoms with Crippen LogP contribution in [0.15, 0.2) is 64.8 Å². The monoisotopic (exact) mass is 309 g/mol. The van der Waals surface area contributed by atoms with Crippen LogP contribution >= 0.6 is 0 Å². The van der Waals surface area contributed by atoms with Crippen LogP contribution in [0.3, 0.4) is 0 Å². The summed E-state index contributed by atoms with van der Waals surface area (Å²) in [6.45, 7) is 0. The third-order valence-corrected chi connectivity index (χ3v) is 3.31. The molecule has 0 heterocycles. The Morgan fingerprint density at radius 3 is 2.22 bits per heavy atom. The van der Waals surface area contributed by atoms with E-state index in [1.807, 2.05) is 0 Å². The molecule has 0 saturated carbocycles. The number of azo groups is 1. The quantitative estimate of drug-likeness (QED) is 0.319. The van der Waals surface area contributed by atoms with Gasteiger partial charge < -0.3 is 10.2 Å². The number of fused-ring (bicyclic) bond motifs is 1. The molecule has 0 aliphatic heterocycles. The minimum atomic E-state index is -0.494. The minimum Gasteiger partial charge on any atom is -0.504 e. The van der Waals surface area contributed by atoms with Crippen molar-refractivity contribution in [1.29, 1.82) is 0 Å². The molecule has 0 aromatic heterocycles. The van der Waals surface area contributed by atoms with Crippen LogP contribution < -0.4 is 0 Å². The number of phenols is 2. The van der Waals surface area contributed by atoms with Crippen LogP contribution in [0.2, 0.25) is 0 Å². The maximum absolute atomic E-state index is 10.6. The van der Waals surface area contributed by atoms with Gasteiger partial charge in [0.1, 0.15) is 0 Å². The van der Waals surface area contributed by atoms with Gasteiger partial charge in [0.2, 0.25) is 0 Å². The van der Waals surface area contributed by atoms with Crippen molar-refractivity contribution in [1.82, 2.24) is 0 Å². The summed E-state index contributed by atoms with van der Waals surface area (Å²) in [5.41, 5.74) is 0.790. The summed E-state index contributed by atoms with van der Waals surface area (Å²) in [7, 11) is 0. The molecule has 0 atom stereocenters. The lowest BCUT2D eigenvalue weighted by Crippen LogP contribution is -1.85. The Bertz CT molecular complexity index is 921. The molecule has 0 aliphatic rings. The van der Waals surface area contributed by atoms with Crippen molar-refractivity contribution >= 4 is 27.8 Å². The van der Waals surface area contributed by atoms with Gasteiger partial charge in [-0.15, -0.1) is 5.11 Å². The largest absolute Gasteiger partial charge is 0.504 e. The van der Waals surface area contributed by atoms with Gasteiger partial charge in [-0.1, -0.05) is 24.3 Å². The lowest BCUT2D eigenvalue weighted by atomic mass is 10.1. The first-order chi connectivity index (χ1) is 11.1. The average Bonchev–Trinajstić information content (AvgIpc) is 2.57. The standard InChI is InChI=1S/C16H11N3O4/c20-15-9-14(12-3-1-2-4-13(12)16(15)21)18-17-10-5-7-11(8-6-10)19(22)23/h1-9,20-21H. The van der Waals surface area contributed by atoms with Crippen molar-refractivity contribution in [3.63, 3.8) is 0 Å². The zero-order valence-electron chi connectivity index (χ0n) is 11.7. The molecule has 0 fully saturated rings. The summed E-state index contributed by atoms with van der Waals surface area (Å²) in [6, 6.07) is 13.9. The number of nitro benzene ring substituents is 1. The molecule has 2 N–H and O–H groups in total. The fourth-order valence-electron chi connectivity index (χ4n) is 2.16. The van der Waals surface area contributed by atoms with Gasteiger partial charge in [-0.3, -0.25) is 10.1 Å². The van der Waals surface area contributed by atoms with Crippen molar-refractivity contribution in [2.75, 3.05) is 0 Å². The molecule has 7 nitrogen and oxygen atoms in total. The number of hydrogen-bond donors (Lipinski definition) is 2. The Labute approximate surface area is 130 Å². The van der Waals surface area contributed by atoms with E-state index in [4.69, 9.17) is 0 Å². The Hall–Kier alpha value is -3.48. The molecule has 0 unspecified atom stereocenters. The molecule has 0 radical (unpaired) electrons. The predicted molar refractivity (Wildman–Crippen MR) is 84.6 cm³/mol. The first kappa shape index (κ1) is 14.5. The molecule has 3 aromatic carbocycles. The van der Waals surface area contributed by atoms with E-state index in [9.17, 15) is 20.3 Å². The first-order valence-electron chi connectivity index (χ1n) is 6.66. The molecule has 7 heteroatoms. The van der Waals surface area contributed by atoms with Crippen molar-refractivity contribution in [2.45, 2.75) is 0 Å². The average molecular weight is 309 g/mol. The third kappa shape index (κ3) is 2.80. The van der Waals surface area contributed by atoms with E-state index in [0.717, 1.165) is 0 Å². The van der Waals surface area contributed by atoms with Crippen LogP contribution in [0.4, 0.5) is 17.1 Å². The lowest BCUT2D eigenvalue weighted by molar-refractivity contribution is -0.384. The summed E-state index contributed by atoms with van der Waals surface area (Å²) in [4.78, 5) is 10.1. The molecule has 0 spiro atoms. The van der Waals surface area contributed by atoms with Crippen LogP contribution in [0, 0.1) is 10.1 Å². The Kier molecular flexibility index (Phi) is 3.60. The van der Waals surface area contributed by atoms with Gasteiger partial charge in [0, 0.05) is 29.0 Å². The van der Waals surface area contributed by atoms with E-state index < -0.39 is 4.92 Å². The van der Waals surface area contributed by atoms with Gasteiger partial charge >= 0.3 is 0 Å². The van der Waals surface area contributed by atoms with Crippen molar-refractivity contribution < 1.29 is 15.1 Å². The van der Waals surface area contributed by atoms with Gasteiger partial charge in [-0.2, -0.15) is 5.11 Å². The Morgan fingerprint density at radius 1 is 0.913 bits per heavy atom. The van der Waals surface area contributed by atoms with E-state index in [0.29, 0.717) is 22.1 Å². The van der Waals surface area contributed by atoms with Crippen LogP contribution in [-0.2, 0) is 0 Å². The van der Waals surface area contributed by atoms with Crippen molar-refractivity contribution in [3.05, 3.63) is 64.7 Å². The molecule has 3 aromatic rings. The van der Waals surface area contributed by atoms with Crippen molar-refractivity contribution in [3.8, 4) is 11.5 Å². The van der Waals surface area contributed by atoms with Gasteiger partial charge in [0.05, 0.1) is 16.3 Å². The lowest BCUT2D eigenvalue weighted by Gasteiger charge is -2.05. The predicted octanol–water partition coefficient (Wildman–Crippen LogP) is 4.57. The summed E-state index contributed by atoms with van der Waals surface area (Å²) >= 11 is 0. The van der Waals surface area contributed by atoms with Crippen LogP contribution in [0.25, 0.3) is 10.8 Å². The summed E-state index contributed by atoms with van der Waals surface area (Å²) in [6.07, 6.45) is 0. The number of phenolic OH excluding ortho intramolecular Hbond substituents is 2. The van der Waals surface area contributed by atoms with E-state index in [1.54, 1.807) is 24.3 Å². The highest BCUT2D eigenvalue weighted by atomic mass is 16.6. The molecule has 0 amide bonds. The van der Waals surface area contributed by atoms with E-state index >= 15 is 0 Å². The highest BCUT2D eigenvalue weighted by Crippen LogP contribution is 2.40. The molecular formula is C16H11N3O4. The number of rotatable bonds is 3. The second-order valence-electron chi connectivity index (χ2n) is 4.78. The molecule has 114 valence electrons. The van der Waals surface area contributed by atoms with E-state index in [2.05, 4.69) is 10.2 Å². The fourth-order valence-corrected chi connectivity index (χ4v) is 2.16. The summed E-state index contributed by atoms with van der Waals surface area (Å²) in [5, 5.41) is 39.4. The zero-order chi connectivity index (χ0) is 16.4. The summed E-state index contributed by atoms with van der Waals surface area (Å²) in [5.74, 6) is -0.503. The molecular weight excluding hydrogens is 298 g/mol. The number of non-ortho nitro benzene ring substituents is 1. The zero-order valence-corrected chi connectivity index (χ0v) is 11.7. The molecule has 23 heavy (non-hydrogen) atoms. The highest BCUT2D eigenvalue weighted by Gasteiger charge is 2.10. The topological polar surface area (TPSA) is 108 Å². The Morgan fingerprint density at radius 2 is 1.57 bits per heavy atom. The van der Waals surface area contributed by atoms with Gasteiger partial charge in [0.25, 0.3) is 5.69 Å². The molecule has 0 aliphatic carbocycles.